The minimum Gasteiger partial charge on any atom is -0.392 e. The molecule has 27 heavy (non-hydrogen) atoms. The molecule has 0 saturated carbocycles. The number of likely N-dealkylation sites (tertiary alicyclic amines) is 1. The third kappa shape index (κ3) is 3.46. The fourth-order valence-corrected chi connectivity index (χ4v) is 4.11. The Morgan fingerprint density at radius 2 is 2.07 bits per heavy atom. The van der Waals surface area contributed by atoms with Gasteiger partial charge in [0, 0.05) is 44.8 Å². The summed E-state index contributed by atoms with van der Waals surface area (Å²) in [6.07, 6.45) is 2.65. The number of fused-ring (bicyclic) bond motifs is 1. The quantitative estimate of drug-likeness (QED) is 0.863. The average molecular weight is 370 g/mol. The van der Waals surface area contributed by atoms with Crippen LogP contribution in [0, 0.1) is 0 Å². The number of hydrogen-bond acceptors (Lipinski definition) is 6. The maximum absolute atomic E-state index is 12.7. The molecule has 0 bridgehead atoms. The van der Waals surface area contributed by atoms with Crippen molar-refractivity contribution in [1.29, 1.82) is 0 Å². The van der Waals surface area contributed by atoms with Gasteiger partial charge in [0.15, 0.2) is 5.82 Å². The molecular formula is C19H26N6O2. The summed E-state index contributed by atoms with van der Waals surface area (Å²) in [5.41, 5.74) is 0.472. The number of aliphatic hydroxyl groups is 1. The molecule has 1 saturated heterocycles. The van der Waals surface area contributed by atoms with Crippen molar-refractivity contribution < 1.29 is 9.90 Å². The standard InChI is InChI=1S/C19H26N6O2/c1-13(2)25-12-14(26)11-16(25)18-22-21-17-6-8-23(9-10-24(17)18)19(27)15-5-3-4-7-20-15/h3-5,7,13-14,16,26H,6,8-12H2,1-2H3/t14-,16+/m1/s1. The Balaban J connectivity index is 1.53. The summed E-state index contributed by atoms with van der Waals surface area (Å²) < 4.78 is 2.14. The number of nitrogens with zero attached hydrogens (tertiary/aromatic N) is 6. The maximum Gasteiger partial charge on any atom is 0.272 e. The maximum atomic E-state index is 12.7. The molecule has 2 aliphatic rings. The van der Waals surface area contributed by atoms with Crippen molar-refractivity contribution in [2.24, 2.45) is 0 Å². The van der Waals surface area contributed by atoms with Gasteiger partial charge in [-0.1, -0.05) is 6.07 Å². The zero-order valence-electron chi connectivity index (χ0n) is 15.8. The molecule has 2 aliphatic heterocycles. The van der Waals surface area contributed by atoms with Gasteiger partial charge in [-0.25, -0.2) is 0 Å². The second-order valence-corrected chi connectivity index (χ2v) is 7.58. The number of aliphatic hydroxyl groups excluding tert-OH is 1. The number of amides is 1. The molecule has 2 aromatic heterocycles. The Kier molecular flexibility index (Phi) is 4.92. The molecule has 0 aromatic carbocycles. The third-order valence-electron chi connectivity index (χ3n) is 5.50. The third-order valence-corrected chi connectivity index (χ3v) is 5.50. The highest BCUT2D eigenvalue weighted by molar-refractivity contribution is 5.92. The predicted molar refractivity (Wildman–Crippen MR) is 99.1 cm³/mol. The first-order valence-corrected chi connectivity index (χ1v) is 9.60. The molecule has 144 valence electrons. The van der Waals surface area contributed by atoms with Crippen molar-refractivity contribution in [3.8, 4) is 0 Å². The number of rotatable bonds is 3. The van der Waals surface area contributed by atoms with Crippen molar-refractivity contribution in [2.75, 3.05) is 19.6 Å². The van der Waals surface area contributed by atoms with E-state index in [0.29, 0.717) is 50.8 Å². The van der Waals surface area contributed by atoms with Crippen LogP contribution in [0.25, 0.3) is 0 Å². The van der Waals surface area contributed by atoms with Gasteiger partial charge in [-0.15, -0.1) is 10.2 Å². The number of pyridine rings is 1. The number of carbonyl (C=O) groups excluding carboxylic acids is 1. The van der Waals surface area contributed by atoms with Gasteiger partial charge in [0.2, 0.25) is 0 Å². The van der Waals surface area contributed by atoms with Crippen LogP contribution in [-0.4, -0.2) is 72.3 Å². The summed E-state index contributed by atoms with van der Waals surface area (Å²) in [7, 11) is 0. The molecule has 1 fully saturated rings. The minimum absolute atomic E-state index is 0.0454. The molecule has 2 aromatic rings. The molecule has 4 rings (SSSR count). The van der Waals surface area contributed by atoms with Crippen LogP contribution in [-0.2, 0) is 13.0 Å². The molecule has 4 heterocycles. The van der Waals surface area contributed by atoms with Gasteiger partial charge in [0.05, 0.1) is 12.1 Å². The zero-order valence-corrected chi connectivity index (χ0v) is 15.8. The van der Waals surface area contributed by atoms with Gasteiger partial charge in [0.25, 0.3) is 5.91 Å². The summed E-state index contributed by atoms with van der Waals surface area (Å²) in [5.74, 6) is 1.77. The molecular weight excluding hydrogens is 344 g/mol. The van der Waals surface area contributed by atoms with E-state index in [1.807, 2.05) is 17.0 Å². The highest BCUT2D eigenvalue weighted by Gasteiger charge is 2.37. The normalized spacial score (nSPS) is 23.5. The second kappa shape index (κ2) is 7.36. The van der Waals surface area contributed by atoms with Crippen LogP contribution in [0.15, 0.2) is 24.4 Å². The van der Waals surface area contributed by atoms with Crippen LogP contribution < -0.4 is 0 Å². The molecule has 0 aliphatic carbocycles. The van der Waals surface area contributed by atoms with Gasteiger partial charge in [-0.2, -0.15) is 0 Å². The molecule has 0 unspecified atom stereocenters. The van der Waals surface area contributed by atoms with Crippen LogP contribution in [0.5, 0.6) is 0 Å². The van der Waals surface area contributed by atoms with Crippen LogP contribution in [0.2, 0.25) is 0 Å². The van der Waals surface area contributed by atoms with Crippen LogP contribution in [0.3, 0.4) is 0 Å². The lowest BCUT2D eigenvalue weighted by Crippen LogP contribution is -2.35. The number of hydrogen-bond donors (Lipinski definition) is 1. The smallest absolute Gasteiger partial charge is 0.272 e. The van der Waals surface area contributed by atoms with Gasteiger partial charge in [0.1, 0.15) is 11.5 Å². The number of β-amino-alcohol motifs (C(OH)–C–C–N with tert-alkyl or cyclic N) is 1. The summed E-state index contributed by atoms with van der Waals surface area (Å²) in [4.78, 5) is 21.0. The van der Waals surface area contributed by atoms with Crippen molar-refractivity contribution in [1.82, 2.24) is 29.5 Å². The predicted octanol–water partition coefficient (Wildman–Crippen LogP) is 0.888. The fourth-order valence-electron chi connectivity index (χ4n) is 4.11. The van der Waals surface area contributed by atoms with Crippen LogP contribution >= 0.6 is 0 Å². The van der Waals surface area contributed by atoms with Gasteiger partial charge in [-0.3, -0.25) is 14.7 Å². The lowest BCUT2D eigenvalue weighted by atomic mass is 10.1. The summed E-state index contributed by atoms with van der Waals surface area (Å²) in [6.45, 7) is 6.80. The van der Waals surface area contributed by atoms with Gasteiger partial charge >= 0.3 is 0 Å². The fraction of sp³-hybridized carbons (Fsp3) is 0.579. The Hall–Kier alpha value is -2.32. The molecule has 0 radical (unpaired) electrons. The topological polar surface area (TPSA) is 87.4 Å². The first kappa shape index (κ1) is 18.1. The SMILES string of the molecule is CC(C)N1C[C@H](O)C[C@H]1c1nnc2n1CCN(C(=O)c1ccccn1)CC2. The van der Waals surface area contributed by atoms with E-state index in [9.17, 15) is 9.90 Å². The first-order valence-electron chi connectivity index (χ1n) is 9.60. The summed E-state index contributed by atoms with van der Waals surface area (Å²) >= 11 is 0. The van der Waals surface area contributed by atoms with E-state index < -0.39 is 0 Å². The van der Waals surface area contributed by atoms with E-state index in [0.717, 1.165) is 11.6 Å². The molecule has 1 N–H and O–H groups in total. The molecule has 1 amide bonds. The van der Waals surface area contributed by atoms with Gasteiger partial charge < -0.3 is 14.6 Å². The Morgan fingerprint density at radius 1 is 1.22 bits per heavy atom. The molecule has 8 nitrogen and oxygen atoms in total. The number of aromatic nitrogens is 4. The summed E-state index contributed by atoms with van der Waals surface area (Å²) in [6, 6.07) is 5.78. The highest BCUT2D eigenvalue weighted by atomic mass is 16.3. The highest BCUT2D eigenvalue weighted by Crippen LogP contribution is 2.33. The van der Waals surface area contributed by atoms with Crippen molar-refractivity contribution in [2.45, 2.75) is 51.4 Å². The minimum atomic E-state index is -0.335. The lowest BCUT2D eigenvalue weighted by molar-refractivity contribution is 0.0752. The Labute approximate surface area is 158 Å². The van der Waals surface area contributed by atoms with E-state index in [1.54, 1.807) is 12.3 Å². The first-order chi connectivity index (χ1) is 13.0. The molecule has 0 spiro atoms. The molecule has 2 atom stereocenters. The van der Waals surface area contributed by atoms with Crippen molar-refractivity contribution in [3.05, 3.63) is 41.7 Å². The zero-order chi connectivity index (χ0) is 19.0. The average Bonchev–Trinajstić information content (AvgIpc) is 3.19. The van der Waals surface area contributed by atoms with Crippen molar-refractivity contribution >= 4 is 5.91 Å². The van der Waals surface area contributed by atoms with Crippen LogP contribution in [0.1, 0.15) is 48.4 Å². The van der Waals surface area contributed by atoms with E-state index in [2.05, 4.69) is 38.5 Å². The summed E-state index contributed by atoms with van der Waals surface area (Å²) in [5, 5.41) is 19.0. The second-order valence-electron chi connectivity index (χ2n) is 7.58. The monoisotopic (exact) mass is 370 g/mol. The van der Waals surface area contributed by atoms with Crippen molar-refractivity contribution in [3.63, 3.8) is 0 Å². The van der Waals surface area contributed by atoms with Crippen LogP contribution in [0.4, 0.5) is 0 Å². The molecule has 8 heteroatoms. The van der Waals surface area contributed by atoms with E-state index >= 15 is 0 Å². The Bertz CT molecular complexity index is 806. The van der Waals surface area contributed by atoms with E-state index in [1.165, 1.54) is 0 Å². The lowest BCUT2D eigenvalue weighted by Gasteiger charge is -2.27. The largest absolute Gasteiger partial charge is 0.392 e. The van der Waals surface area contributed by atoms with E-state index in [4.69, 9.17) is 0 Å². The Morgan fingerprint density at radius 3 is 2.81 bits per heavy atom. The van der Waals surface area contributed by atoms with Gasteiger partial charge in [-0.05, 0) is 32.4 Å². The van der Waals surface area contributed by atoms with E-state index in [-0.39, 0.29) is 18.1 Å². The number of carbonyl (C=O) groups is 1.